The minimum absolute atomic E-state index is 0.0480. The van der Waals surface area contributed by atoms with Crippen molar-refractivity contribution in [2.24, 2.45) is 10.4 Å². The first-order valence-electron chi connectivity index (χ1n) is 10.6. The Morgan fingerprint density at radius 2 is 2.10 bits per heavy atom. The van der Waals surface area contributed by atoms with Crippen LogP contribution in [0.2, 0.25) is 0 Å². The molecular weight excluding hydrogens is 366 g/mol. The first-order chi connectivity index (χ1) is 13.8. The summed E-state index contributed by atoms with van der Waals surface area (Å²) >= 11 is 0. The summed E-state index contributed by atoms with van der Waals surface area (Å²) in [7, 11) is 1.70. The number of guanidine groups is 1. The number of hydrogen-bond donors (Lipinski definition) is 3. The Morgan fingerprint density at radius 3 is 2.79 bits per heavy atom. The van der Waals surface area contributed by atoms with E-state index in [1.54, 1.807) is 7.11 Å². The number of nitrogens with one attached hydrogen (secondary N) is 3. The normalized spacial score (nSPS) is 17.6. The third-order valence-corrected chi connectivity index (χ3v) is 4.87. The fraction of sp³-hybridized carbons (Fsp3) is 0.636. The molecule has 1 unspecified atom stereocenters. The summed E-state index contributed by atoms with van der Waals surface area (Å²) < 4.78 is 5.36. The van der Waals surface area contributed by atoms with Gasteiger partial charge in [0.25, 0.3) is 0 Å². The molecule has 1 aliphatic rings. The molecule has 1 aliphatic heterocycles. The third-order valence-electron chi connectivity index (χ3n) is 4.87. The lowest BCUT2D eigenvalue weighted by molar-refractivity contribution is -0.128. The van der Waals surface area contributed by atoms with Gasteiger partial charge in [-0.3, -0.25) is 9.79 Å². The van der Waals surface area contributed by atoms with Crippen LogP contribution in [0.25, 0.3) is 0 Å². The molecule has 1 aromatic rings. The minimum Gasteiger partial charge on any atom is -0.497 e. The number of ether oxygens (including phenoxy) is 1. The third kappa shape index (κ3) is 7.48. The highest BCUT2D eigenvalue weighted by molar-refractivity contribution is 5.81. The van der Waals surface area contributed by atoms with Crippen LogP contribution in [-0.2, 0) is 4.79 Å². The number of methoxy groups -OCH3 is 1. The SMILES string of the molecule is CCNC(=NCCNC(=O)C(C)(C)C)NC1CCCN(c2cccc(OC)c2)C1. The molecule has 3 N–H and O–H groups in total. The Hall–Kier alpha value is -2.44. The Balaban J connectivity index is 1.90. The molecule has 0 spiro atoms. The van der Waals surface area contributed by atoms with Crippen LogP contribution < -0.4 is 25.6 Å². The first kappa shape index (κ1) is 22.8. The van der Waals surface area contributed by atoms with E-state index < -0.39 is 0 Å². The molecule has 29 heavy (non-hydrogen) atoms. The second-order valence-electron chi connectivity index (χ2n) is 8.40. The van der Waals surface area contributed by atoms with Gasteiger partial charge in [-0.05, 0) is 31.9 Å². The number of carbonyl (C=O) groups is 1. The number of anilines is 1. The van der Waals surface area contributed by atoms with Crippen molar-refractivity contribution in [1.82, 2.24) is 16.0 Å². The van der Waals surface area contributed by atoms with E-state index in [-0.39, 0.29) is 11.3 Å². The van der Waals surface area contributed by atoms with Crippen LogP contribution in [0.15, 0.2) is 29.3 Å². The summed E-state index contributed by atoms with van der Waals surface area (Å²) in [5.74, 6) is 1.73. The topological polar surface area (TPSA) is 78.0 Å². The summed E-state index contributed by atoms with van der Waals surface area (Å²) in [5, 5.41) is 9.81. The van der Waals surface area contributed by atoms with Gasteiger partial charge in [0.05, 0.1) is 13.7 Å². The van der Waals surface area contributed by atoms with Gasteiger partial charge in [0, 0.05) is 49.4 Å². The lowest BCUT2D eigenvalue weighted by atomic mass is 9.96. The van der Waals surface area contributed by atoms with Crippen LogP contribution >= 0.6 is 0 Å². The van der Waals surface area contributed by atoms with E-state index in [2.05, 4.69) is 44.9 Å². The summed E-state index contributed by atoms with van der Waals surface area (Å²) in [5.41, 5.74) is 0.806. The van der Waals surface area contributed by atoms with E-state index in [0.717, 1.165) is 44.2 Å². The number of rotatable bonds is 7. The molecule has 7 nitrogen and oxygen atoms in total. The van der Waals surface area contributed by atoms with Crippen LogP contribution in [0.5, 0.6) is 5.75 Å². The van der Waals surface area contributed by atoms with Crippen molar-refractivity contribution in [2.75, 3.05) is 44.7 Å². The summed E-state index contributed by atoms with van der Waals surface area (Å²) in [4.78, 5) is 19.0. The molecule has 0 bridgehead atoms. The lowest BCUT2D eigenvalue weighted by Gasteiger charge is -2.35. The van der Waals surface area contributed by atoms with Crippen molar-refractivity contribution in [1.29, 1.82) is 0 Å². The predicted molar refractivity (Wildman–Crippen MR) is 120 cm³/mol. The van der Waals surface area contributed by atoms with Gasteiger partial charge in [-0.1, -0.05) is 26.8 Å². The van der Waals surface area contributed by atoms with Crippen LogP contribution in [0.1, 0.15) is 40.5 Å². The fourth-order valence-electron chi connectivity index (χ4n) is 3.25. The van der Waals surface area contributed by atoms with Crippen molar-refractivity contribution in [2.45, 2.75) is 46.6 Å². The Labute approximate surface area is 175 Å². The van der Waals surface area contributed by atoms with Crippen molar-refractivity contribution in [3.8, 4) is 5.75 Å². The number of amides is 1. The van der Waals surface area contributed by atoms with E-state index in [0.29, 0.717) is 19.1 Å². The summed E-state index contributed by atoms with van der Waals surface area (Å²) in [6.07, 6.45) is 2.22. The molecule has 0 aliphatic carbocycles. The Morgan fingerprint density at radius 1 is 1.31 bits per heavy atom. The van der Waals surface area contributed by atoms with Gasteiger partial charge in [0.15, 0.2) is 5.96 Å². The highest BCUT2D eigenvalue weighted by Crippen LogP contribution is 2.24. The van der Waals surface area contributed by atoms with Gasteiger partial charge in [-0.2, -0.15) is 0 Å². The number of piperidine rings is 1. The van der Waals surface area contributed by atoms with Gasteiger partial charge in [0.1, 0.15) is 5.75 Å². The number of hydrogen-bond acceptors (Lipinski definition) is 4. The van der Waals surface area contributed by atoms with Crippen LogP contribution in [0.3, 0.4) is 0 Å². The smallest absolute Gasteiger partial charge is 0.225 e. The average Bonchev–Trinajstić information content (AvgIpc) is 2.70. The largest absolute Gasteiger partial charge is 0.497 e. The standard InChI is InChI=1S/C22H37N5O2/c1-6-23-21(25-13-12-24-20(28)22(2,3)4)26-17-9-8-14-27(16-17)18-10-7-11-19(15-18)29-5/h7,10-11,15,17H,6,8-9,12-14,16H2,1-5H3,(H,24,28)(H2,23,25,26). The molecule has 7 heteroatoms. The molecule has 162 valence electrons. The van der Waals surface area contributed by atoms with E-state index in [1.807, 2.05) is 32.9 Å². The predicted octanol–water partition coefficient (Wildman–Crippen LogP) is 2.38. The van der Waals surface area contributed by atoms with Gasteiger partial charge < -0.3 is 25.6 Å². The van der Waals surface area contributed by atoms with E-state index in [1.165, 1.54) is 5.69 Å². The molecule has 1 amide bonds. The fourth-order valence-corrected chi connectivity index (χ4v) is 3.25. The number of carbonyl (C=O) groups excluding carboxylic acids is 1. The highest BCUT2D eigenvalue weighted by atomic mass is 16.5. The van der Waals surface area contributed by atoms with Crippen molar-refractivity contribution >= 4 is 17.6 Å². The van der Waals surface area contributed by atoms with Crippen LogP contribution in [0, 0.1) is 5.41 Å². The summed E-state index contributed by atoms with van der Waals surface area (Å²) in [6.45, 7) is 11.6. The van der Waals surface area contributed by atoms with Crippen LogP contribution in [0.4, 0.5) is 5.69 Å². The number of benzene rings is 1. The molecule has 1 heterocycles. The molecule has 2 rings (SSSR count). The maximum Gasteiger partial charge on any atom is 0.225 e. The molecule has 1 fully saturated rings. The van der Waals surface area contributed by atoms with E-state index >= 15 is 0 Å². The monoisotopic (exact) mass is 403 g/mol. The van der Waals surface area contributed by atoms with Gasteiger partial charge in [-0.25, -0.2) is 0 Å². The number of nitrogens with zero attached hydrogens (tertiary/aromatic N) is 2. The second-order valence-corrected chi connectivity index (χ2v) is 8.40. The van der Waals surface area contributed by atoms with Gasteiger partial charge in [0.2, 0.25) is 5.91 Å². The lowest BCUT2D eigenvalue weighted by Crippen LogP contribution is -2.51. The van der Waals surface area contributed by atoms with Crippen LogP contribution in [-0.4, -0.2) is 57.7 Å². The maximum atomic E-state index is 12.0. The van der Waals surface area contributed by atoms with Crippen molar-refractivity contribution in [3.63, 3.8) is 0 Å². The van der Waals surface area contributed by atoms with Crippen molar-refractivity contribution < 1.29 is 9.53 Å². The zero-order valence-corrected chi connectivity index (χ0v) is 18.5. The molecule has 1 saturated heterocycles. The van der Waals surface area contributed by atoms with Crippen molar-refractivity contribution in [3.05, 3.63) is 24.3 Å². The Kier molecular flexibility index (Phi) is 8.61. The molecule has 0 aromatic heterocycles. The van der Waals surface area contributed by atoms with Gasteiger partial charge >= 0.3 is 0 Å². The average molecular weight is 404 g/mol. The molecule has 1 atom stereocenters. The second kappa shape index (κ2) is 10.9. The first-order valence-corrected chi connectivity index (χ1v) is 10.6. The molecule has 0 radical (unpaired) electrons. The highest BCUT2D eigenvalue weighted by Gasteiger charge is 2.22. The van der Waals surface area contributed by atoms with Gasteiger partial charge in [-0.15, -0.1) is 0 Å². The maximum absolute atomic E-state index is 12.0. The van der Waals surface area contributed by atoms with E-state index in [4.69, 9.17) is 4.74 Å². The quantitative estimate of drug-likeness (QED) is 0.370. The zero-order chi connectivity index (χ0) is 21.3. The minimum atomic E-state index is -0.377. The molecular formula is C22H37N5O2. The number of aliphatic imine (C=N–C) groups is 1. The Bertz CT molecular complexity index is 684. The molecule has 0 saturated carbocycles. The summed E-state index contributed by atoms with van der Waals surface area (Å²) in [6, 6.07) is 8.53. The molecule has 1 aromatic carbocycles. The van der Waals surface area contributed by atoms with E-state index in [9.17, 15) is 4.79 Å². The zero-order valence-electron chi connectivity index (χ0n) is 18.5.